The first-order valence-electron chi connectivity index (χ1n) is 15.6. The summed E-state index contributed by atoms with van der Waals surface area (Å²) >= 11 is 0. The molecule has 0 amide bonds. The van der Waals surface area contributed by atoms with Gasteiger partial charge in [0.2, 0.25) is 0 Å². The molecule has 252 valence electrons. The van der Waals surface area contributed by atoms with Gasteiger partial charge < -0.3 is 50.6 Å². The Morgan fingerprint density at radius 1 is 0.829 bits per heavy atom. The van der Waals surface area contributed by atoms with E-state index in [0.29, 0.717) is 18.9 Å². The quantitative estimate of drug-likeness (QED) is 0.0855. The minimum atomic E-state index is -5.14. The third-order valence-corrected chi connectivity index (χ3v) is 7.87. The number of carboxylic acids is 1. The summed E-state index contributed by atoms with van der Waals surface area (Å²) in [5.74, 6) is -1.29. The van der Waals surface area contributed by atoms with Gasteiger partial charge >= 0.3 is 21.1 Å². The fraction of sp³-hybridized carbons (Fsp3) is 0.966. The number of unbranched alkanes of at least 4 members (excludes halogenated alkanes) is 8. The van der Waals surface area contributed by atoms with Crippen LogP contribution in [0.4, 0.5) is 0 Å². The Balaban J connectivity index is -0.000000402. The first-order valence-corrected chi connectivity index (χ1v) is 17.1. The fourth-order valence-electron chi connectivity index (χ4n) is 5.11. The zero-order valence-corrected chi connectivity index (χ0v) is 29.7. The number of carbonyl (C=O) groups excluding carboxylic acids is 1. The monoisotopic (exact) mass is 792 g/mol. The molecular weight excluding hydrogens is 728 g/mol. The van der Waals surface area contributed by atoms with Crippen molar-refractivity contribution in [3.05, 3.63) is 0 Å². The van der Waals surface area contributed by atoms with E-state index in [2.05, 4.69) is 27.7 Å². The van der Waals surface area contributed by atoms with Crippen LogP contribution in [0.25, 0.3) is 0 Å². The summed E-state index contributed by atoms with van der Waals surface area (Å²) in [6.45, 7) is 12.7. The van der Waals surface area contributed by atoms with Crippen molar-refractivity contribution in [3.8, 4) is 0 Å². The van der Waals surface area contributed by atoms with Crippen molar-refractivity contribution in [2.75, 3.05) is 26.2 Å². The maximum absolute atomic E-state index is 11.7. The van der Waals surface area contributed by atoms with E-state index >= 15 is 0 Å². The standard InChI is InChI=1S/C23H47NO3.C6H13N.H3N.H3O4P.Pt/c1-5-9-12-15-19-24(8-4,20-16-13-10-6-2)21-18-23(27,22(25)26)17-14-11-7-3;7-6-4-2-1-3-5-6;;1-5(2,3)4;/h27H,5-21H2,1-4H3;6H,1-5,7H2;1H3;(H3,1,2,3,4);/q;;;;+2/p-2. The van der Waals surface area contributed by atoms with E-state index in [1.807, 2.05) is 0 Å². The molecule has 10 nitrogen and oxygen atoms in total. The van der Waals surface area contributed by atoms with Crippen molar-refractivity contribution in [1.82, 2.24) is 6.15 Å². The van der Waals surface area contributed by atoms with Gasteiger partial charge in [-0.25, -0.2) is 0 Å². The summed E-state index contributed by atoms with van der Waals surface area (Å²) in [4.78, 5) is 35.9. The van der Waals surface area contributed by atoms with Crippen LogP contribution in [0, 0.1) is 0 Å². The number of hydrogen-bond acceptors (Lipinski definition) is 8. The SMILES string of the molecule is CCCCCC[N+](CC)(CCCCCC)CCC(O)(CCCCC)C(=O)[O-].N.NC1CCCCC1.O=P([O-])([O-])O.[Pt+2]. The Bertz CT molecular complexity index is 617. The molecule has 0 spiro atoms. The number of quaternary nitrogens is 1. The van der Waals surface area contributed by atoms with Crippen molar-refractivity contribution >= 4 is 13.8 Å². The number of carboxylic acid groups (broad SMARTS) is 1. The first kappa shape index (κ1) is 48.0. The van der Waals surface area contributed by atoms with Gasteiger partial charge in [-0.15, -0.1) is 0 Å². The number of aliphatic carboxylic acids is 1. The van der Waals surface area contributed by atoms with Crippen LogP contribution in [0.1, 0.15) is 143 Å². The van der Waals surface area contributed by atoms with Crippen molar-refractivity contribution in [1.29, 1.82) is 0 Å². The minimum absolute atomic E-state index is 0. The van der Waals surface area contributed by atoms with Gasteiger partial charge in [-0.05, 0) is 51.9 Å². The van der Waals surface area contributed by atoms with E-state index in [1.165, 1.54) is 83.5 Å². The summed E-state index contributed by atoms with van der Waals surface area (Å²) in [6, 6.07) is 0.536. The molecule has 1 fully saturated rings. The van der Waals surface area contributed by atoms with Gasteiger partial charge in [0.1, 0.15) is 5.60 Å². The van der Waals surface area contributed by atoms with Crippen molar-refractivity contribution in [3.63, 3.8) is 0 Å². The second-order valence-corrected chi connectivity index (χ2v) is 12.3. The molecule has 1 rings (SSSR count). The summed E-state index contributed by atoms with van der Waals surface area (Å²) in [6.07, 6.45) is 19.9. The molecule has 1 aliphatic carbocycles. The smallest absolute Gasteiger partial charge is 0.790 e. The van der Waals surface area contributed by atoms with Crippen LogP contribution in [-0.4, -0.2) is 58.3 Å². The van der Waals surface area contributed by atoms with Crippen molar-refractivity contribution in [2.24, 2.45) is 5.73 Å². The third-order valence-electron chi connectivity index (χ3n) is 7.87. The first-order chi connectivity index (χ1) is 18.3. The zero-order chi connectivity index (χ0) is 30.2. The van der Waals surface area contributed by atoms with Gasteiger partial charge in [-0.2, -0.15) is 0 Å². The normalized spacial score (nSPS) is 15.1. The van der Waals surface area contributed by atoms with E-state index in [0.717, 1.165) is 49.9 Å². The summed E-state index contributed by atoms with van der Waals surface area (Å²) in [5.41, 5.74) is 3.97. The molecule has 0 aromatic heterocycles. The molecule has 0 aromatic rings. The zero-order valence-electron chi connectivity index (χ0n) is 26.6. The largest absolute Gasteiger partial charge is 2.00 e. The van der Waals surface area contributed by atoms with Crippen molar-refractivity contribution in [2.45, 2.75) is 155 Å². The molecule has 0 aliphatic heterocycles. The molecule has 1 saturated carbocycles. The molecule has 0 heterocycles. The third kappa shape index (κ3) is 29.9. The van der Waals surface area contributed by atoms with Crippen LogP contribution in [0.15, 0.2) is 0 Å². The Hall–Kier alpha value is 0.108. The number of nitrogens with two attached hydrogens (primary N) is 1. The van der Waals surface area contributed by atoms with Gasteiger partial charge in [0.05, 0.1) is 40.0 Å². The number of hydrogen-bond donors (Lipinski definition) is 4. The molecule has 1 atom stereocenters. The predicted molar refractivity (Wildman–Crippen MR) is 158 cm³/mol. The van der Waals surface area contributed by atoms with Crippen LogP contribution in [0.5, 0.6) is 0 Å². The van der Waals surface area contributed by atoms with E-state index in [9.17, 15) is 15.0 Å². The molecule has 1 unspecified atom stereocenters. The van der Waals surface area contributed by atoms with Crippen LogP contribution >= 0.6 is 7.82 Å². The number of nitrogens with zero attached hydrogens (tertiary/aromatic N) is 1. The Labute approximate surface area is 265 Å². The number of phosphoric acid groups is 1. The average Bonchev–Trinajstić information content (AvgIpc) is 2.87. The molecule has 0 radical (unpaired) electrons. The molecule has 1 aliphatic rings. The summed E-state index contributed by atoms with van der Waals surface area (Å²) in [5, 5.41) is 22.4. The summed E-state index contributed by atoms with van der Waals surface area (Å²) < 4.78 is 9.60. The molecule has 7 N–H and O–H groups in total. The number of carbonyl (C=O) groups is 1. The number of rotatable bonds is 19. The molecular formula is C29H64N3O7PPt. The molecule has 41 heavy (non-hydrogen) atoms. The Kier molecular flexibility index (Phi) is 33.8. The summed E-state index contributed by atoms with van der Waals surface area (Å²) in [7, 11) is -5.14. The van der Waals surface area contributed by atoms with E-state index < -0.39 is 19.4 Å². The van der Waals surface area contributed by atoms with Gasteiger partial charge in [-0.3, -0.25) is 0 Å². The van der Waals surface area contributed by atoms with Crippen LogP contribution in [0.3, 0.4) is 0 Å². The molecule has 0 bridgehead atoms. The molecule has 0 saturated heterocycles. The van der Waals surface area contributed by atoms with Crippen LogP contribution in [0.2, 0.25) is 0 Å². The minimum Gasteiger partial charge on any atom is -0.790 e. The number of aliphatic hydroxyl groups is 1. The van der Waals surface area contributed by atoms with Crippen LogP contribution in [-0.2, 0) is 30.4 Å². The predicted octanol–water partition coefficient (Wildman–Crippen LogP) is 3.68. The van der Waals surface area contributed by atoms with E-state index in [-0.39, 0.29) is 27.2 Å². The van der Waals surface area contributed by atoms with Crippen LogP contribution < -0.4 is 26.8 Å². The fourth-order valence-corrected chi connectivity index (χ4v) is 5.11. The van der Waals surface area contributed by atoms with Crippen molar-refractivity contribution < 1.29 is 59.8 Å². The van der Waals surface area contributed by atoms with Gasteiger partial charge in [0.15, 0.2) is 0 Å². The maximum atomic E-state index is 11.7. The Morgan fingerprint density at radius 3 is 1.56 bits per heavy atom. The van der Waals surface area contributed by atoms with Gasteiger partial charge in [0, 0.05) is 12.5 Å². The molecule has 12 heteroatoms. The maximum Gasteiger partial charge on any atom is 2.00 e. The average molecular weight is 793 g/mol. The van der Waals surface area contributed by atoms with E-state index in [4.69, 9.17) is 25.0 Å². The van der Waals surface area contributed by atoms with E-state index in [1.54, 1.807) is 0 Å². The molecule has 0 aromatic carbocycles. The van der Waals surface area contributed by atoms with Gasteiger partial charge in [-0.1, -0.05) is 85.0 Å². The topological polar surface area (TPSA) is 205 Å². The second kappa shape index (κ2) is 28.9. The Morgan fingerprint density at radius 2 is 1.24 bits per heavy atom. The second-order valence-electron chi connectivity index (χ2n) is 11.3. The van der Waals surface area contributed by atoms with Gasteiger partial charge in [0.25, 0.3) is 0 Å².